The summed E-state index contributed by atoms with van der Waals surface area (Å²) in [7, 11) is 1.86. The summed E-state index contributed by atoms with van der Waals surface area (Å²) in [6, 6.07) is 9.96. The highest BCUT2D eigenvalue weighted by atomic mass is 35.5. The lowest BCUT2D eigenvalue weighted by Gasteiger charge is -2.12. The van der Waals surface area contributed by atoms with E-state index in [1.165, 1.54) is 5.56 Å². The van der Waals surface area contributed by atoms with Crippen LogP contribution >= 0.6 is 12.4 Å². The van der Waals surface area contributed by atoms with E-state index in [1.54, 1.807) is 0 Å². The highest BCUT2D eigenvalue weighted by molar-refractivity contribution is 5.85. The molecule has 1 aromatic carbocycles. The van der Waals surface area contributed by atoms with Crippen molar-refractivity contribution in [3.05, 3.63) is 41.7 Å². The highest BCUT2D eigenvalue weighted by Gasteiger charge is 2.09. The van der Waals surface area contributed by atoms with E-state index in [4.69, 9.17) is 9.63 Å². The van der Waals surface area contributed by atoms with Crippen molar-refractivity contribution in [1.29, 1.82) is 0 Å². The number of nitrogens with zero attached hydrogens (tertiary/aromatic N) is 2. The number of aryl methyl sites for hydroxylation is 1. The molecule has 1 heterocycles. The Morgan fingerprint density at radius 3 is 2.62 bits per heavy atom. The summed E-state index contributed by atoms with van der Waals surface area (Å²) in [5.74, 6) is -0.0665. The van der Waals surface area contributed by atoms with Crippen LogP contribution in [-0.4, -0.2) is 34.7 Å². The first-order valence-electron chi connectivity index (χ1n) is 6.47. The van der Waals surface area contributed by atoms with E-state index < -0.39 is 5.97 Å². The maximum absolute atomic E-state index is 10.5. The summed E-state index contributed by atoms with van der Waals surface area (Å²) in [5, 5.41) is 12.7. The molecule has 0 aliphatic rings. The fourth-order valence-electron chi connectivity index (χ4n) is 1.88. The molecule has 1 aromatic heterocycles. The van der Waals surface area contributed by atoms with Crippen LogP contribution in [0.4, 0.5) is 0 Å². The minimum absolute atomic E-state index is 0. The summed E-state index contributed by atoms with van der Waals surface area (Å²) in [6.45, 7) is 3.07. The van der Waals surface area contributed by atoms with E-state index in [0.717, 1.165) is 17.0 Å². The second-order valence-electron chi connectivity index (χ2n) is 4.93. The molecule has 0 saturated carbocycles. The molecule has 0 fully saturated rings. The number of hydrogen-bond donors (Lipinski definition) is 1. The number of aromatic nitrogens is 1. The molecule has 0 aliphatic heterocycles. The zero-order valence-electron chi connectivity index (χ0n) is 12.1. The fourth-order valence-corrected chi connectivity index (χ4v) is 1.88. The molecule has 0 bridgehead atoms. The molecule has 0 aliphatic carbocycles. The third-order valence-corrected chi connectivity index (χ3v) is 3.04. The van der Waals surface area contributed by atoms with Crippen molar-refractivity contribution in [2.75, 3.05) is 13.6 Å². The van der Waals surface area contributed by atoms with Gasteiger partial charge in [-0.3, -0.25) is 9.69 Å². The van der Waals surface area contributed by atoms with Crippen LogP contribution in [0.3, 0.4) is 0 Å². The maximum Gasteiger partial charge on any atom is 0.304 e. The quantitative estimate of drug-likeness (QED) is 0.888. The standard InChI is InChI=1S/C15H18N2O3.ClH/c1-11-3-5-12(6-4-11)14-9-13(20-16-14)10-17(2)8-7-15(18)19;/h3-6,9H,7-8,10H2,1-2H3,(H,18,19);1H. The molecular formula is C15H19ClN2O3. The van der Waals surface area contributed by atoms with Crippen LogP contribution in [0, 0.1) is 6.92 Å². The number of rotatable bonds is 6. The molecule has 0 radical (unpaired) electrons. The highest BCUT2D eigenvalue weighted by Crippen LogP contribution is 2.20. The van der Waals surface area contributed by atoms with Gasteiger partial charge in [0.15, 0.2) is 5.76 Å². The molecule has 21 heavy (non-hydrogen) atoms. The topological polar surface area (TPSA) is 66.6 Å². The van der Waals surface area contributed by atoms with Gasteiger partial charge in [-0.25, -0.2) is 0 Å². The number of aliphatic carboxylic acids is 1. The largest absolute Gasteiger partial charge is 0.481 e. The van der Waals surface area contributed by atoms with Gasteiger partial charge in [0.05, 0.1) is 13.0 Å². The van der Waals surface area contributed by atoms with Crippen LogP contribution in [-0.2, 0) is 11.3 Å². The van der Waals surface area contributed by atoms with Gasteiger partial charge >= 0.3 is 5.97 Å². The molecule has 0 saturated heterocycles. The van der Waals surface area contributed by atoms with Gasteiger partial charge in [-0.1, -0.05) is 35.0 Å². The first-order chi connectivity index (χ1) is 9.54. The Balaban J connectivity index is 0.00000220. The molecular weight excluding hydrogens is 292 g/mol. The van der Waals surface area contributed by atoms with E-state index >= 15 is 0 Å². The molecule has 0 amide bonds. The number of hydrogen-bond acceptors (Lipinski definition) is 4. The predicted molar refractivity (Wildman–Crippen MR) is 82.5 cm³/mol. The minimum atomic E-state index is -0.797. The molecule has 2 rings (SSSR count). The van der Waals surface area contributed by atoms with Gasteiger partial charge in [-0.2, -0.15) is 0 Å². The van der Waals surface area contributed by atoms with Crippen molar-refractivity contribution < 1.29 is 14.4 Å². The molecule has 114 valence electrons. The second-order valence-corrected chi connectivity index (χ2v) is 4.93. The lowest BCUT2D eigenvalue weighted by Crippen LogP contribution is -2.20. The lowest BCUT2D eigenvalue weighted by atomic mass is 10.1. The van der Waals surface area contributed by atoms with Gasteiger partial charge in [-0.05, 0) is 14.0 Å². The first-order valence-corrected chi connectivity index (χ1v) is 6.47. The Kier molecular flexibility index (Phi) is 6.39. The molecule has 2 aromatic rings. The maximum atomic E-state index is 10.5. The van der Waals surface area contributed by atoms with Crippen LogP contribution < -0.4 is 0 Å². The summed E-state index contributed by atoms with van der Waals surface area (Å²) in [4.78, 5) is 12.4. The van der Waals surface area contributed by atoms with Crippen molar-refractivity contribution in [2.45, 2.75) is 19.9 Å². The van der Waals surface area contributed by atoms with E-state index in [0.29, 0.717) is 13.1 Å². The molecule has 6 heteroatoms. The number of carbonyl (C=O) groups is 1. The van der Waals surface area contributed by atoms with Crippen molar-refractivity contribution in [3.63, 3.8) is 0 Å². The van der Waals surface area contributed by atoms with Gasteiger partial charge in [0.25, 0.3) is 0 Å². The van der Waals surface area contributed by atoms with Gasteiger partial charge in [0, 0.05) is 18.2 Å². The molecule has 1 N–H and O–H groups in total. The van der Waals surface area contributed by atoms with Crippen LogP contribution in [0.1, 0.15) is 17.7 Å². The molecule has 0 unspecified atom stereocenters. The van der Waals surface area contributed by atoms with Crippen LogP contribution in [0.15, 0.2) is 34.9 Å². The lowest BCUT2D eigenvalue weighted by molar-refractivity contribution is -0.137. The average molecular weight is 311 g/mol. The van der Waals surface area contributed by atoms with Crippen molar-refractivity contribution in [2.24, 2.45) is 0 Å². The number of carboxylic acids is 1. The second kappa shape index (κ2) is 7.81. The number of benzene rings is 1. The Bertz CT molecular complexity index is 581. The van der Waals surface area contributed by atoms with Gasteiger partial charge < -0.3 is 9.63 Å². The summed E-state index contributed by atoms with van der Waals surface area (Å²) in [6.07, 6.45) is 0.120. The van der Waals surface area contributed by atoms with Crippen LogP contribution in [0.5, 0.6) is 0 Å². The van der Waals surface area contributed by atoms with Crippen molar-refractivity contribution >= 4 is 18.4 Å². The summed E-state index contributed by atoms with van der Waals surface area (Å²) < 4.78 is 5.29. The number of halogens is 1. The Morgan fingerprint density at radius 2 is 2.00 bits per heavy atom. The monoisotopic (exact) mass is 310 g/mol. The third kappa shape index (κ3) is 5.21. The van der Waals surface area contributed by atoms with E-state index in [1.807, 2.05) is 49.2 Å². The first kappa shape index (κ1) is 17.2. The van der Waals surface area contributed by atoms with Gasteiger partial charge in [-0.15, -0.1) is 12.4 Å². The van der Waals surface area contributed by atoms with E-state index in [2.05, 4.69) is 5.16 Å². The van der Waals surface area contributed by atoms with Crippen molar-refractivity contribution in [3.8, 4) is 11.3 Å². The normalized spacial score (nSPS) is 10.4. The van der Waals surface area contributed by atoms with E-state index in [-0.39, 0.29) is 18.8 Å². The van der Waals surface area contributed by atoms with Gasteiger partial charge in [0.2, 0.25) is 0 Å². The summed E-state index contributed by atoms with van der Waals surface area (Å²) >= 11 is 0. The Morgan fingerprint density at radius 1 is 1.33 bits per heavy atom. The zero-order valence-corrected chi connectivity index (χ0v) is 12.9. The SMILES string of the molecule is Cc1ccc(-c2cc(CN(C)CCC(=O)O)on2)cc1.Cl. The zero-order chi connectivity index (χ0) is 14.5. The summed E-state index contributed by atoms with van der Waals surface area (Å²) in [5.41, 5.74) is 3.01. The van der Waals surface area contributed by atoms with Crippen molar-refractivity contribution in [1.82, 2.24) is 10.1 Å². The molecule has 5 nitrogen and oxygen atoms in total. The van der Waals surface area contributed by atoms with E-state index in [9.17, 15) is 4.79 Å². The number of carboxylic acid groups (broad SMARTS) is 1. The smallest absolute Gasteiger partial charge is 0.304 e. The average Bonchev–Trinajstić information content (AvgIpc) is 2.85. The van der Waals surface area contributed by atoms with Crippen LogP contribution in [0.25, 0.3) is 11.3 Å². The Hall–Kier alpha value is -1.85. The fraction of sp³-hybridized carbons (Fsp3) is 0.333. The molecule has 0 spiro atoms. The Labute approximate surface area is 130 Å². The third-order valence-electron chi connectivity index (χ3n) is 3.04. The van der Waals surface area contributed by atoms with Crippen LogP contribution in [0.2, 0.25) is 0 Å². The van der Waals surface area contributed by atoms with Gasteiger partial charge in [0.1, 0.15) is 5.69 Å². The predicted octanol–water partition coefficient (Wildman–Crippen LogP) is 2.98. The minimum Gasteiger partial charge on any atom is -0.481 e. The molecule has 0 atom stereocenters.